The Kier molecular flexibility index (Phi) is 3.54. The lowest BCUT2D eigenvalue weighted by Gasteiger charge is -2.16. The lowest BCUT2D eigenvalue weighted by Crippen LogP contribution is -2.12. The van der Waals surface area contributed by atoms with Gasteiger partial charge in [0.15, 0.2) is 6.29 Å². The Morgan fingerprint density at radius 1 is 1.27 bits per heavy atom. The average Bonchev–Trinajstić information content (AvgIpc) is 2.80. The topological polar surface area (TPSA) is 18.5 Å². The summed E-state index contributed by atoms with van der Waals surface area (Å²) in [7, 11) is 0. The van der Waals surface area contributed by atoms with E-state index in [9.17, 15) is 0 Å². The van der Waals surface area contributed by atoms with Crippen LogP contribution in [-0.2, 0) is 9.47 Å². The zero-order valence-corrected chi connectivity index (χ0v) is 8.76. The van der Waals surface area contributed by atoms with Gasteiger partial charge in [-0.05, 0) is 5.56 Å². The summed E-state index contributed by atoms with van der Waals surface area (Å²) in [6.07, 6.45) is 2.75. The van der Waals surface area contributed by atoms with Crippen LogP contribution in [0.2, 0.25) is 0 Å². The van der Waals surface area contributed by atoms with Gasteiger partial charge >= 0.3 is 0 Å². The van der Waals surface area contributed by atoms with Crippen LogP contribution in [0.3, 0.4) is 0 Å². The van der Waals surface area contributed by atoms with Gasteiger partial charge in [-0.3, -0.25) is 0 Å². The Hall–Kier alpha value is -1.12. The van der Waals surface area contributed by atoms with Crippen molar-refractivity contribution in [3.63, 3.8) is 0 Å². The number of hydrogen-bond acceptors (Lipinski definition) is 2. The van der Waals surface area contributed by atoms with Crippen molar-refractivity contribution in [1.29, 1.82) is 0 Å². The lowest BCUT2D eigenvalue weighted by atomic mass is 9.96. The van der Waals surface area contributed by atoms with Crippen LogP contribution in [0.4, 0.5) is 0 Å². The molecule has 0 aromatic heterocycles. The molecule has 0 radical (unpaired) electrons. The maximum Gasteiger partial charge on any atom is 0.158 e. The molecule has 1 aromatic rings. The fourth-order valence-electron chi connectivity index (χ4n) is 1.82. The van der Waals surface area contributed by atoms with E-state index in [1.165, 1.54) is 5.56 Å². The molecule has 2 nitrogen and oxygen atoms in total. The Labute approximate surface area is 90.5 Å². The molecule has 0 amide bonds. The van der Waals surface area contributed by atoms with Crippen molar-refractivity contribution in [2.45, 2.75) is 18.6 Å². The minimum atomic E-state index is -0.0618. The minimum Gasteiger partial charge on any atom is -0.350 e. The van der Waals surface area contributed by atoms with Crippen molar-refractivity contribution >= 4 is 0 Å². The molecule has 1 heterocycles. The average molecular weight is 204 g/mol. The van der Waals surface area contributed by atoms with Crippen molar-refractivity contribution in [2.75, 3.05) is 13.2 Å². The molecular weight excluding hydrogens is 188 g/mol. The van der Waals surface area contributed by atoms with E-state index < -0.39 is 0 Å². The van der Waals surface area contributed by atoms with Crippen LogP contribution in [0.5, 0.6) is 0 Å². The maximum absolute atomic E-state index is 5.44. The molecule has 1 aliphatic heterocycles. The maximum atomic E-state index is 5.44. The second-order valence-corrected chi connectivity index (χ2v) is 3.66. The number of ether oxygens (including phenoxy) is 2. The molecule has 80 valence electrons. The van der Waals surface area contributed by atoms with E-state index in [1.807, 2.05) is 24.3 Å². The summed E-state index contributed by atoms with van der Waals surface area (Å²) in [5.74, 6) is 0.314. The van der Waals surface area contributed by atoms with Gasteiger partial charge in [-0.25, -0.2) is 0 Å². The van der Waals surface area contributed by atoms with Gasteiger partial charge in [-0.15, -0.1) is 6.58 Å². The highest BCUT2D eigenvalue weighted by Gasteiger charge is 2.20. The zero-order chi connectivity index (χ0) is 10.5. The first-order chi connectivity index (χ1) is 7.40. The first-order valence-electron chi connectivity index (χ1n) is 5.31. The third-order valence-electron chi connectivity index (χ3n) is 2.65. The smallest absolute Gasteiger partial charge is 0.158 e. The van der Waals surface area contributed by atoms with E-state index >= 15 is 0 Å². The second kappa shape index (κ2) is 5.10. The zero-order valence-electron chi connectivity index (χ0n) is 8.76. The summed E-state index contributed by atoms with van der Waals surface area (Å²) in [5, 5.41) is 0. The van der Waals surface area contributed by atoms with Crippen molar-refractivity contribution in [2.24, 2.45) is 0 Å². The molecule has 0 saturated carbocycles. The van der Waals surface area contributed by atoms with Crippen LogP contribution >= 0.6 is 0 Å². The van der Waals surface area contributed by atoms with Crippen molar-refractivity contribution in [1.82, 2.24) is 0 Å². The van der Waals surface area contributed by atoms with Gasteiger partial charge in [-0.2, -0.15) is 0 Å². The Bertz CT molecular complexity index is 302. The van der Waals surface area contributed by atoms with Gasteiger partial charge < -0.3 is 9.47 Å². The first kappa shape index (κ1) is 10.4. The van der Waals surface area contributed by atoms with Gasteiger partial charge in [0.2, 0.25) is 0 Å². The van der Waals surface area contributed by atoms with Gasteiger partial charge in [0.05, 0.1) is 13.2 Å². The van der Waals surface area contributed by atoms with E-state index in [0.29, 0.717) is 19.1 Å². The Morgan fingerprint density at radius 3 is 2.53 bits per heavy atom. The summed E-state index contributed by atoms with van der Waals surface area (Å²) in [5.41, 5.74) is 1.27. The number of allylic oxidation sites excluding steroid dienone is 1. The summed E-state index contributed by atoms with van der Waals surface area (Å²) in [4.78, 5) is 0. The van der Waals surface area contributed by atoms with Crippen molar-refractivity contribution < 1.29 is 9.47 Å². The third kappa shape index (κ3) is 2.67. The molecule has 1 fully saturated rings. The fourth-order valence-corrected chi connectivity index (χ4v) is 1.82. The van der Waals surface area contributed by atoms with E-state index in [-0.39, 0.29) is 6.29 Å². The number of rotatable bonds is 4. The van der Waals surface area contributed by atoms with Crippen LogP contribution in [0, 0.1) is 0 Å². The van der Waals surface area contributed by atoms with E-state index in [1.54, 1.807) is 0 Å². The molecule has 15 heavy (non-hydrogen) atoms. The van der Waals surface area contributed by atoms with Crippen LogP contribution in [0.15, 0.2) is 43.0 Å². The highest BCUT2D eigenvalue weighted by Crippen LogP contribution is 2.25. The van der Waals surface area contributed by atoms with Gasteiger partial charge in [0, 0.05) is 12.3 Å². The van der Waals surface area contributed by atoms with Crippen molar-refractivity contribution in [3.8, 4) is 0 Å². The fraction of sp³-hybridized carbons (Fsp3) is 0.385. The van der Waals surface area contributed by atoms with E-state index in [4.69, 9.17) is 9.47 Å². The number of hydrogen-bond donors (Lipinski definition) is 0. The molecule has 2 heteroatoms. The van der Waals surface area contributed by atoms with Gasteiger partial charge in [-0.1, -0.05) is 36.4 Å². The molecule has 2 rings (SSSR count). The Balaban J connectivity index is 2.01. The molecule has 1 aromatic carbocycles. The minimum absolute atomic E-state index is 0.0618. The summed E-state index contributed by atoms with van der Waals surface area (Å²) >= 11 is 0. The quantitative estimate of drug-likeness (QED) is 0.702. The largest absolute Gasteiger partial charge is 0.350 e. The first-order valence-corrected chi connectivity index (χ1v) is 5.31. The molecule has 0 unspecified atom stereocenters. The lowest BCUT2D eigenvalue weighted by molar-refractivity contribution is -0.0486. The van der Waals surface area contributed by atoms with Crippen LogP contribution in [0.25, 0.3) is 0 Å². The van der Waals surface area contributed by atoms with Gasteiger partial charge in [0.1, 0.15) is 0 Å². The summed E-state index contributed by atoms with van der Waals surface area (Å²) in [6.45, 7) is 5.29. The molecule has 0 bridgehead atoms. The van der Waals surface area contributed by atoms with Gasteiger partial charge in [0.25, 0.3) is 0 Å². The highest BCUT2D eigenvalue weighted by molar-refractivity contribution is 5.23. The predicted molar refractivity (Wildman–Crippen MR) is 59.7 cm³/mol. The van der Waals surface area contributed by atoms with Crippen LogP contribution in [-0.4, -0.2) is 19.5 Å². The van der Waals surface area contributed by atoms with Crippen LogP contribution < -0.4 is 0 Å². The second-order valence-electron chi connectivity index (χ2n) is 3.66. The molecule has 0 spiro atoms. The molecule has 0 aliphatic carbocycles. The molecule has 1 aliphatic rings. The molecule has 1 atom stereocenters. The highest BCUT2D eigenvalue weighted by atomic mass is 16.7. The van der Waals surface area contributed by atoms with Crippen LogP contribution in [0.1, 0.15) is 17.9 Å². The molecule has 0 N–H and O–H groups in total. The summed E-state index contributed by atoms with van der Waals surface area (Å²) < 4.78 is 10.9. The number of benzene rings is 1. The van der Waals surface area contributed by atoms with E-state index in [0.717, 1.165) is 6.42 Å². The Morgan fingerprint density at radius 2 is 1.93 bits per heavy atom. The summed E-state index contributed by atoms with van der Waals surface area (Å²) in [6, 6.07) is 10.3. The SMILES string of the molecule is C=C[C@@H](CC1OCCO1)c1ccccc1. The standard InChI is InChI=1S/C13H16O2/c1-2-11(10-13-14-8-9-15-13)12-6-4-3-5-7-12/h2-7,11,13H,1,8-10H2/t11-/m0/s1. The monoisotopic (exact) mass is 204 g/mol. The predicted octanol–water partition coefficient (Wildman–Crippen LogP) is 2.72. The third-order valence-corrected chi connectivity index (χ3v) is 2.65. The van der Waals surface area contributed by atoms with Crippen molar-refractivity contribution in [3.05, 3.63) is 48.6 Å². The molecular formula is C13H16O2. The molecule has 1 saturated heterocycles. The van der Waals surface area contributed by atoms with E-state index in [2.05, 4.69) is 18.7 Å². The normalized spacial score (nSPS) is 18.9.